The van der Waals surface area contributed by atoms with Gasteiger partial charge in [0.1, 0.15) is 0 Å². The van der Waals surface area contributed by atoms with Gasteiger partial charge in [-0.1, -0.05) is 6.92 Å². The zero-order chi connectivity index (χ0) is 7.72. The van der Waals surface area contributed by atoms with Gasteiger partial charge in [0.05, 0.1) is 0 Å². The normalized spacial score (nSPS) is 35.7. The van der Waals surface area contributed by atoms with Crippen LogP contribution in [0.5, 0.6) is 0 Å². The van der Waals surface area contributed by atoms with Gasteiger partial charge in [0, 0.05) is 18.6 Å². The zero-order valence-electron chi connectivity index (χ0n) is 7.59. The zero-order valence-corrected chi connectivity index (χ0v) is 7.59. The summed E-state index contributed by atoms with van der Waals surface area (Å²) in [6, 6.07) is 1.55. The summed E-state index contributed by atoms with van der Waals surface area (Å²) in [7, 11) is 0. The summed E-state index contributed by atoms with van der Waals surface area (Å²) in [6.45, 7) is 10.6. The molecule has 1 rings (SSSR count). The molecule has 1 heterocycles. The number of hydrogen-bond acceptors (Lipinski definition) is 1. The topological polar surface area (TPSA) is 3.24 Å². The van der Waals surface area contributed by atoms with E-state index in [0.29, 0.717) is 0 Å². The maximum absolute atomic E-state index is 2.59. The Bertz CT molecular complexity index is 109. The first-order chi connectivity index (χ1) is 4.61. The molecule has 1 aliphatic rings. The molecule has 0 aromatic carbocycles. The fourth-order valence-electron chi connectivity index (χ4n) is 2.05. The van der Waals surface area contributed by atoms with Crippen LogP contribution in [0.2, 0.25) is 0 Å². The summed E-state index contributed by atoms with van der Waals surface area (Å²) in [6.07, 6.45) is 1.39. The molecule has 0 N–H and O–H groups in total. The first kappa shape index (κ1) is 8.06. The minimum absolute atomic E-state index is 0.736. The third-order valence-electron chi connectivity index (χ3n) is 2.50. The highest BCUT2D eigenvalue weighted by Crippen LogP contribution is 2.23. The van der Waals surface area contributed by atoms with Crippen LogP contribution in [0.15, 0.2) is 0 Å². The van der Waals surface area contributed by atoms with Crippen LogP contribution < -0.4 is 0 Å². The molecule has 1 nitrogen and oxygen atoms in total. The minimum atomic E-state index is 0.736. The van der Waals surface area contributed by atoms with Crippen LogP contribution in [0.25, 0.3) is 0 Å². The molecule has 0 saturated carbocycles. The lowest BCUT2D eigenvalue weighted by Crippen LogP contribution is -2.33. The van der Waals surface area contributed by atoms with Gasteiger partial charge < -0.3 is 0 Å². The van der Waals surface area contributed by atoms with Crippen molar-refractivity contribution in [3.05, 3.63) is 0 Å². The quantitative estimate of drug-likeness (QED) is 0.540. The monoisotopic (exact) mass is 141 g/mol. The number of rotatable bonds is 1. The first-order valence-electron chi connectivity index (χ1n) is 4.37. The van der Waals surface area contributed by atoms with Crippen LogP contribution in [0, 0.1) is 5.92 Å². The van der Waals surface area contributed by atoms with Crippen LogP contribution in [0.1, 0.15) is 34.1 Å². The van der Waals surface area contributed by atoms with Crippen LogP contribution in [0.3, 0.4) is 0 Å². The second kappa shape index (κ2) is 2.91. The van der Waals surface area contributed by atoms with Crippen LogP contribution in [-0.4, -0.2) is 23.5 Å². The molecule has 0 spiro atoms. The Hall–Kier alpha value is -0.0400. The van der Waals surface area contributed by atoms with Gasteiger partial charge in [-0.05, 0) is 33.1 Å². The molecule has 10 heavy (non-hydrogen) atoms. The Labute approximate surface area is 64.4 Å². The van der Waals surface area contributed by atoms with Crippen LogP contribution in [-0.2, 0) is 0 Å². The molecule has 1 aliphatic heterocycles. The van der Waals surface area contributed by atoms with E-state index in [1.54, 1.807) is 0 Å². The fourth-order valence-corrected chi connectivity index (χ4v) is 2.05. The average molecular weight is 141 g/mol. The van der Waals surface area contributed by atoms with E-state index >= 15 is 0 Å². The van der Waals surface area contributed by atoms with Crippen molar-refractivity contribution in [1.82, 2.24) is 4.90 Å². The molecule has 0 aliphatic carbocycles. The van der Waals surface area contributed by atoms with Crippen molar-refractivity contribution in [3.8, 4) is 0 Å². The van der Waals surface area contributed by atoms with Gasteiger partial charge in [-0.2, -0.15) is 0 Å². The average Bonchev–Trinajstić information content (AvgIpc) is 2.10. The third-order valence-corrected chi connectivity index (χ3v) is 2.50. The van der Waals surface area contributed by atoms with Crippen molar-refractivity contribution >= 4 is 0 Å². The van der Waals surface area contributed by atoms with Crippen molar-refractivity contribution in [3.63, 3.8) is 0 Å². The molecular formula is C9H19N. The van der Waals surface area contributed by atoms with Crippen molar-refractivity contribution in [2.45, 2.75) is 46.2 Å². The van der Waals surface area contributed by atoms with E-state index in [1.165, 1.54) is 13.0 Å². The summed E-state index contributed by atoms with van der Waals surface area (Å²) in [5, 5.41) is 0. The van der Waals surface area contributed by atoms with E-state index < -0.39 is 0 Å². The van der Waals surface area contributed by atoms with E-state index in [1.807, 2.05) is 0 Å². The van der Waals surface area contributed by atoms with Gasteiger partial charge in [0.15, 0.2) is 0 Å². The summed E-state index contributed by atoms with van der Waals surface area (Å²) < 4.78 is 0. The lowest BCUT2D eigenvalue weighted by atomic mass is 10.1. The summed E-state index contributed by atoms with van der Waals surface area (Å²) in [5.41, 5.74) is 0. The Morgan fingerprint density at radius 3 is 2.10 bits per heavy atom. The predicted octanol–water partition coefficient (Wildman–Crippen LogP) is 2.13. The van der Waals surface area contributed by atoms with Crippen molar-refractivity contribution in [1.29, 1.82) is 0 Å². The third kappa shape index (κ3) is 1.51. The molecule has 0 aromatic heterocycles. The SMILES string of the molecule is CC(C)N1C[C@@H](C)CC1C. The summed E-state index contributed by atoms with van der Waals surface area (Å²) >= 11 is 0. The lowest BCUT2D eigenvalue weighted by Gasteiger charge is -2.25. The van der Waals surface area contributed by atoms with Gasteiger partial charge in [0.2, 0.25) is 0 Å². The molecule has 0 amide bonds. The highest BCUT2D eigenvalue weighted by atomic mass is 15.2. The lowest BCUT2D eigenvalue weighted by molar-refractivity contribution is 0.213. The fraction of sp³-hybridized carbons (Fsp3) is 1.00. The van der Waals surface area contributed by atoms with Gasteiger partial charge in [0.25, 0.3) is 0 Å². The largest absolute Gasteiger partial charge is 0.298 e. The Morgan fingerprint density at radius 1 is 1.30 bits per heavy atom. The van der Waals surface area contributed by atoms with Crippen LogP contribution >= 0.6 is 0 Å². The maximum atomic E-state index is 2.59. The number of nitrogens with zero attached hydrogens (tertiary/aromatic N) is 1. The predicted molar refractivity (Wildman–Crippen MR) is 45.1 cm³/mol. The Balaban J connectivity index is 2.46. The van der Waals surface area contributed by atoms with E-state index in [9.17, 15) is 0 Å². The molecule has 0 bridgehead atoms. The van der Waals surface area contributed by atoms with Gasteiger partial charge >= 0.3 is 0 Å². The molecular weight excluding hydrogens is 122 g/mol. The smallest absolute Gasteiger partial charge is 0.00727 e. The highest BCUT2D eigenvalue weighted by Gasteiger charge is 2.27. The second-order valence-corrected chi connectivity index (χ2v) is 3.98. The Kier molecular flexibility index (Phi) is 2.35. The molecule has 1 saturated heterocycles. The van der Waals surface area contributed by atoms with Gasteiger partial charge in [-0.3, -0.25) is 4.90 Å². The molecule has 1 fully saturated rings. The Morgan fingerprint density at radius 2 is 1.90 bits per heavy atom. The van der Waals surface area contributed by atoms with Gasteiger partial charge in [-0.15, -0.1) is 0 Å². The summed E-state index contributed by atoms with van der Waals surface area (Å²) in [5.74, 6) is 0.914. The molecule has 60 valence electrons. The van der Waals surface area contributed by atoms with E-state index in [2.05, 4.69) is 32.6 Å². The van der Waals surface area contributed by atoms with Crippen molar-refractivity contribution in [2.75, 3.05) is 6.54 Å². The maximum Gasteiger partial charge on any atom is 0.00727 e. The molecule has 1 heteroatoms. The first-order valence-corrected chi connectivity index (χ1v) is 4.37. The highest BCUT2D eigenvalue weighted by molar-refractivity contribution is 4.81. The number of likely N-dealkylation sites (tertiary alicyclic amines) is 1. The number of hydrogen-bond donors (Lipinski definition) is 0. The van der Waals surface area contributed by atoms with Crippen LogP contribution in [0.4, 0.5) is 0 Å². The minimum Gasteiger partial charge on any atom is -0.298 e. The van der Waals surface area contributed by atoms with Crippen molar-refractivity contribution in [2.24, 2.45) is 5.92 Å². The van der Waals surface area contributed by atoms with E-state index in [4.69, 9.17) is 0 Å². The molecule has 0 radical (unpaired) electrons. The summed E-state index contributed by atoms with van der Waals surface area (Å²) in [4.78, 5) is 2.59. The second-order valence-electron chi connectivity index (χ2n) is 3.98. The standard InChI is InChI=1S/C9H19N/c1-7(2)10-6-8(3)5-9(10)4/h7-9H,5-6H2,1-4H3/t8-,9?/m0/s1. The van der Waals surface area contributed by atoms with Gasteiger partial charge in [-0.25, -0.2) is 0 Å². The van der Waals surface area contributed by atoms with Crippen molar-refractivity contribution < 1.29 is 0 Å². The van der Waals surface area contributed by atoms with E-state index in [-0.39, 0.29) is 0 Å². The molecule has 0 aromatic rings. The molecule has 2 atom stereocenters. The van der Waals surface area contributed by atoms with E-state index in [0.717, 1.165) is 18.0 Å². The molecule has 1 unspecified atom stereocenters.